The number of rotatable bonds is 4. The third-order valence-electron chi connectivity index (χ3n) is 3.98. The van der Waals surface area contributed by atoms with Crippen molar-refractivity contribution < 1.29 is 9.53 Å². The first-order chi connectivity index (χ1) is 11.8. The molecule has 0 unspecified atom stereocenters. The van der Waals surface area contributed by atoms with E-state index in [2.05, 4.69) is 22.1 Å². The molecule has 118 valence electrons. The number of fused-ring (bicyclic) bond motifs is 1. The van der Waals surface area contributed by atoms with E-state index in [1.807, 2.05) is 41.1 Å². The highest BCUT2D eigenvalue weighted by molar-refractivity contribution is 5.95. The van der Waals surface area contributed by atoms with Crippen molar-refractivity contribution in [2.45, 2.75) is 13.2 Å². The Kier molecular flexibility index (Phi) is 3.67. The van der Waals surface area contributed by atoms with Gasteiger partial charge in [0, 0.05) is 24.5 Å². The SMILES string of the molecule is O=C1OCc2c(/N=C/c3nccn3Cc3ccccc3)cccc21. The molecule has 0 aliphatic carbocycles. The lowest BCUT2D eigenvalue weighted by Gasteiger charge is -2.05. The number of aromatic nitrogens is 2. The molecule has 0 N–H and O–H groups in total. The molecule has 4 rings (SSSR count). The first kappa shape index (κ1) is 14.4. The van der Waals surface area contributed by atoms with Gasteiger partial charge in [0.1, 0.15) is 6.61 Å². The monoisotopic (exact) mass is 317 g/mol. The van der Waals surface area contributed by atoms with Crippen molar-refractivity contribution in [1.29, 1.82) is 0 Å². The van der Waals surface area contributed by atoms with Crippen molar-refractivity contribution in [1.82, 2.24) is 9.55 Å². The highest BCUT2D eigenvalue weighted by Gasteiger charge is 2.23. The van der Waals surface area contributed by atoms with Crippen LogP contribution in [-0.2, 0) is 17.9 Å². The number of esters is 1. The van der Waals surface area contributed by atoms with E-state index in [-0.39, 0.29) is 12.6 Å². The van der Waals surface area contributed by atoms with Crippen molar-refractivity contribution in [2.75, 3.05) is 0 Å². The number of benzene rings is 2. The van der Waals surface area contributed by atoms with Gasteiger partial charge in [0.2, 0.25) is 0 Å². The smallest absolute Gasteiger partial charge is 0.338 e. The molecule has 0 saturated heterocycles. The standard InChI is InChI=1S/C19H15N3O2/c23-19-15-7-4-8-17(16(15)13-24-19)21-11-18-20-9-10-22(18)12-14-5-2-1-3-6-14/h1-11H,12-13H2/b21-11+. The highest BCUT2D eigenvalue weighted by Crippen LogP contribution is 2.29. The van der Waals surface area contributed by atoms with Crippen LogP contribution in [-0.4, -0.2) is 21.7 Å². The predicted octanol–water partition coefficient (Wildman–Crippen LogP) is 3.35. The number of hydrogen-bond donors (Lipinski definition) is 0. The Bertz CT molecular complexity index is 913. The van der Waals surface area contributed by atoms with Gasteiger partial charge < -0.3 is 9.30 Å². The molecular weight excluding hydrogens is 302 g/mol. The molecule has 0 atom stereocenters. The summed E-state index contributed by atoms with van der Waals surface area (Å²) in [6.45, 7) is 1.01. The first-order valence-electron chi connectivity index (χ1n) is 7.69. The van der Waals surface area contributed by atoms with E-state index < -0.39 is 0 Å². The molecule has 3 aromatic rings. The number of nitrogens with zero attached hydrogens (tertiary/aromatic N) is 3. The summed E-state index contributed by atoms with van der Waals surface area (Å²) in [7, 11) is 0. The summed E-state index contributed by atoms with van der Waals surface area (Å²) >= 11 is 0. The summed E-state index contributed by atoms with van der Waals surface area (Å²) < 4.78 is 7.10. The minimum Gasteiger partial charge on any atom is -0.457 e. The molecule has 2 aromatic carbocycles. The van der Waals surface area contributed by atoms with E-state index in [1.54, 1.807) is 18.5 Å². The van der Waals surface area contributed by atoms with Gasteiger partial charge in [0.15, 0.2) is 5.82 Å². The molecule has 0 bridgehead atoms. The first-order valence-corrected chi connectivity index (χ1v) is 7.69. The normalized spacial score (nSPS) is 13.2. The van der Waals surface area contributed by atoms with Gasteiger partial charge in [-0.2, -0.15) is 0 Å². The predicted molar refractivity (Wildman–Crippen MR) is 90.6 cm³/mol. The topological polar surface area (TPSA) is 56.5 Å². The number of carbonyl (C=O) groups is 1. The molecule has 1 aromatic heterocycles. The van der Waals surface area contributed by atoms with Crippen molar-refractivity contribution in [3.8, 4) is 0 Å². The Labute approximate surface area is 139 Å². The number of carbonyl (C=O) groups excluding carboxylic acids is 1. The number of aliphatic imine (C=N–C) groups is 1. The van der Waals surface area contributed by atoms with Gasteiger partial charge in [0.25, 0.3) is 0 Å². The molecule has 0 fully saturated rings. The minimum atomic E-state index is -0.285. The van der Waals surface area contributed by atoms with E-state index in [0.717, 1.165) is 23.6 Å². The van der Waals surface area contributed by atoms with Crippen LogP contribution in [0.2, 0.25) is 0 Å². The maximum absolute atomic E-state index is 11.6. The Morgan fingerprint density at radius 3 is 2.92 bits per heavy atom. The Balaban J connectivity index is 1.60. The van der Waals surface area contributed by atoms with Crippen LogP contribution in [0.3, 0.4) is 0 Å². The lowest BCUT2D eigenvalue weighted by Crippen LogP contribution is -2.03. The maximum Gasteiger partial charge on any atom is 0.338 e. The van der Waals surface area contributed by atoms with Gasteiger partial charge in [-0.15, -0.1) is 0 Å². The fraction of sp³-hybridized carbons (Fsp3) is 0.105. The lowest BCUT2D eigenvalue weighted by molar-refractivity contribution is 0.0535. The van der Waals surface area contributed by atoms with Crippen LogP contribution in [0.5, 0.6) is 0 Å². The second kappa shape index (κ2) is 6.12. The molecule has 0 amide bonds. The summed E-state index contributed by atoms with van der Waals surface area (Å²) in [6.07, 6.45) is 5.41. The summed E-state index contributed by atoms with van der Waals surface area (Å²) in [6, 6.07) is 15.6. The number of imidazole rings is 1. The Hall–Kier alpha value is -3.21. The molecule has 0 saturated carbocycles. The van der Waals surface area contributed by atoms with Gasteiger partial charge in [-0.1, -0.05) is 36.4 Å². The van der Waals surface area contributed by atoms with Crippen LogP contribution in [0.1, 0.15) is 27.3 Å². The number of ether oxygens (including phenoxy) is 1. The lowest BCUT2D eigenvalue weighted by atomic mass is 10.1. The average Bonchev–Trinajstić information content (AvgIpc) is 3.21. The average molecular weight is 317 g/mol. The Morgan fingerprint density at radius 2 is 2.04 bits per heavy atom. The quantitative estimate of drug-likeness (QED) is 0.548. The van der Waals surface area contributed by atoms with Crippen LogP contribution in [0.15, 0.2) is 65.9 Å². The second-order valence-corrected chi connectivity index (χ2v) is 5.54. The van der Waals surface area contributed by atoms with Gasteiger partial charge in [-0.05, 0) is 17.7 Å². The zero-order valence-electron chi connectivity index (χ0n) is 12.9. The van der Waals surface area contributed by atoms with Crippen LogP contribution in [0, 0.1) is 0 Å². The molecule has 5 nitrogen and oxygen atoms in total. The highest BCUT2D eigenvalue weighted by atomic mass is 16.5. The van der Waals surface area contributed by atoms with Gasteiger partial charge >= 0.3 is 5.97 Å². The Morgan fingerprint density at radius 1 is 1.17 bits per heavy atom. The van der Waals surface area contributed by atoms with Gasteiger partial charge in [-0.3, -0.25) is 4.99 Å². The van der Waals surface area contributed by atoms with E-state index in [9.17, 15) is 4.79 Å². The second-order valence-electron chi connectivity index (χ2n) is 5.54. The molecule has 0 radical (unpaired) electrons. The summed E-state index contributed by atoms with van der Waals surface area (Å²) in [5.41, 5.74) is 3.37. The van der Waals surface area contributed by atoms with E-state index in [1.165, 1.54) is 5.56 Å². The van der Waals surface area contributed by atoms with Crippen LogP contribution in [0.25, 0.3) is 0 Å². The molecule has 1 aliphatic rings. The van der Waals surface area contributed by atoms with Crippen molar-refractivity contribution in [2.24, 2.45) is 4.99 Å². The van der Waals surface area contributed by atoms with Crippen molar-refractivity contribution in [3.05, 3.63) is 83.4 Å². The zero-order valence-corrected chi connectivity index (χ0v) is 12.9. The van der Waals surface area contributed by atoms with Crippen molar-refractivity contribution >= 4 is 17.9 Å². The summed E-state index contributed by atoms with van der Waals surface area (Å²) in [5.74, 6) is 0.481. The summed E-state index contributed by atoms with van der Waals surface area (Å²) in [4.78, 5) is 20.5. The molecule has 24 heavy (non-hydrogen) atoms. The van der Waals surface area contributed by atoms with E-state index in [4.69, 9.17) is 4.74 Å². The third-order valence-corrected chi connectivity index (χ3v) is 3.98. The molecule has 5 heteroatoms. The van der Waals surface area contributed by atoms with Crippen LogP contribution < -0.4 is 0 Å². The number of cyclic esters (lactones) is 1. The van der Waals surface area contributed by atoms with Crippen LogP contribution >= 0.6 is 0 Å². The molecule has 0 spiro atoms. The van der Waals surface area contributed by atoms with Gasteiger partial charge in [0.05, 0.1) is 17.5 Å². The van der Waals surface area contributed by atoms with Gasteiger partial charge in [-0.25, -0.2) is 9.78 Å². The molecule has 2 heterocycles. The van der Waals surface area contributed by atoms with E-state index in [0.29, 0.717) is 5.56 Å². The third kappa shape index (κ3) is 2.72. The number of hydrogen-bond acceptors (Lipinski definition) is 4. The minimum absolute atomic E-state index is 0.278. The largest absolute Gasteiger partial charge is 0.457 e. The molecular formula is C19H15N3O2. The summed E-state index contributed by atoms with van der Waals surface area (Å²) in [5, 5.41) is 0. The molecule has 1 aliphatic heterocycles. The zero-order chi connectivity index (χ0) is 16.4. The van der Waals surface area contributed by atoms with Crippen LogP contribution in [0.4, 0.5) is 5.69 Å². The van der Waals surface area contributed by atoms with Crippen molar-refractivity contribution in [3.63, 3.8) is 0 Å². The fourth-order valence-corrected chi connectivity index (χ4v) is 2.74. The van der Waals surface area contributed by atoms with E-state index >= 15 is 0 Å². The fourth-order valence-electron chi connectivity index (χ4n) is 2.74. The maximum atomic E-state index is 11.6.